The number of benzene rings is 6. The molecule has 2 heterocycles. The molecule has 2 aliphatic heterocycles. The van der Waals surface area contributed by atoms with Crippen molar-refractivity contribution < 1.29 is 18.9 Å². The summed E-state index contributed by atoms with van der Waals surface area (Å²) in [4.78, 5) is 0. The molecule has 0 amide bonds. The first-order valence-corrected chi connectivity index (χ1v) is 22.1. The van der Waals surface area contributed by atoms with Gasteiger partial charge in [0.05, 0.1) is 0 Å². The van der Waals surface area contributed by atoms with Gasteiger partial charge in [0, 0.05) is 0 Å². The van der Waals surface area contributed by atoms with E-state index in [0.717, 1.165) is 11.5 Å². The van der Waals surface area contributed by atoms with Crippen LogP contribution in [0.5, 0.6) is 11.5 Å². The predicted molar refractivity (Wildman–Crippen MR) is 199 cm³/mol. The number of hydrogen-bond acceptors (Lipinski definition) is 4. The van der Waals surface area contributed by atoms with Gasteiger partial charge in [0.15, 0.2) is 0 Å². The van der Waals surface area contributed by atoms with Crippen LogP contribution < -0.4 is 35.6 Å². The van der Waals surface area contributed by atoms with Crippen molar-refractivity contribution in [3.63, 3.8) is 0 Å². The fraction of sp³-hybridized carbons (Fsp3) is 0.143. The summed E-state index contributed by atoms with van der Waals surface area (Å²) in [5.41, 5.74) is 5.47. The molecule has 48 heavy (non-hydrogen) atoms. The minimum atomic E-state index is -1.70. The van der Waals surface area contributed by atoms with E-state index in [9.17, 15) is 0 Å². The molecule has 0 unspecified atom stereocenters. The Kier molecular flexibility index (Phi) is 9.50. The Morgan fingerprint density at radius 2 is 0.562 bits per heavy atom. The summed E-state index contributed by atoms with van der Waals surface area (Å²) >= 11 is -3.40. The van der Waals surface area contributed by atoms with E-state index in [0.29, 0.717) is 39.6 Å². The van der Waals surface area contributed by atoms with Crippen LogP contribution in [-0.2, 0) is 9.47 Å². The van der Waals surface area contributed by atoms with E-state index in [-0.39, 0.29) is 0 Å². The Bertz CT molecular complexity index is 1810. The van der Waals surface area contributed by atoms with Gasteiger partial charge in [-0.3, -0.25) is 0 Å². The number of hydrogen-bond donors (Lipinski definition) is 0. The zero-order valence-electron chi connectivity index (χ0n) is 26.6. The first kappa shape index (κ1) is 31.2. The fourth-order valence-electron chi connectivity index (χ4n) is 6.64. The van der Waals surface area contributed by atoms with Crippen molar-refractivity contribution >= 4 is 55.4 Å². The van der Waals surface area contributed by atoms with Gasteiger partial charge in [-0.2, -0.15) is 0 Å². The topological polar surface area (TPSA) is 36.9 Å². The molecule has 6 aromatic carbocycles. The molecule has 0 atom stereocenters. The molecule has 0 aromatic heterocycles. The molecular formula is C42H36As2O4. The van der Waals surface area contributed by atoms with E-state index in [4.69, 9.17) is 18.9 Å². The second-order valence-corrected chi connectivity index (χ2v) is 20.5. The van der Waals surface area contributed by atoms with Crippen LogP contribution >= 0.6 is 0 Å². The maximum absolute atomic E-state index is 6.33. The summed E-state index contributed by atoms with van der Waals surface area (Å²) in [5, 5.41) is 0. The summed E-state index contributed by atoms with van der Waals surface area (Å²) in [7, 11) is 0. The minimum absolute atomic E-state index is 0.500. The molecule has 2 aliphatic rings. The Labute approximate surface area is 291 Å². The average molecular weight is 755 g/mol. The Morgan fingerprint density at radius 1 is 0.292 bits per heavy atom. The third kappa shape index (κ3) is 6.15. The van der Waals surface area contributed by atoms with Gasteiger partial charge in [0.25, 0.3) is 0 Å². The van der Waals surface area contributed by atoms with Gasteiger partial charge in [-0.1, -0.05) is 0 Å². The Balaban J connectivity index is 0.806. The molecule has 0 bridgehead atoms. The van der Waals surface area contributed by atoms with Crippen molar-refractivity contribution in [1.29, 1.82) is 0 Å². The molecule has 0 radical (unpaired) electrons. The van der Waals surface area contributed by atoms with Crippen LogP contribution in [-0.4, -0.2) is 68.9 Å². The van der Waals surface area contributed by atoms with Crippen LogP contribution in [0.25, 0.3) is 22.3 Å². The van der Waals surface area contributed by atoms with E-state index >= 15 is 0 Å². The molecule has 238 valence electrons. The van der Waals surface area contributed by atoms with Crippen molar-refractivity contribution in [3.8, 4) is 33.8 Å². The van der Waals surface area contributed by atoms with Gasteiger partial charge in [0.1, 0.15) is 0 Å². The standard InChI is InChI=1S/C42H36As2O4/c1-5-17-35-31(13-1)32-14-2-6-18-36(32)43(35)39-21-9-11-23-41(39)47-29-27-45-25-26-46-28-30-48-42-24-12-10-22-40(42)44-37-19-7-3-15-33(37)34-16-4-8-20-38(34)44/h1-24H,25-30H2. The predicted octanol–water partition coefficient (Wildman–Crippen LogP) is 4.17. The average Bonchev–Trinajstić information content (AvgIpc) is 3.66. The van der Waals surface area contributed by atoms with Gasteiger partial charge in [0.2, 0.25) is 0 Å². The van der Waals surface area contributed by atoms with Gasteiger partial charge in [-0.05, 0) is 0 Å². The van der Waals surface area contributed by atoms with Crippen molar-refractivity contribution in [2.75, 3.05) is 39.6 Å². The molecule has 0 saturated carbocycles. The summed E-state index contributed by atoms with van der Waals surface area (Å²) in [6, 6.07) is 52.5. The van der Waals surface area contributed by atoms with Crippen LogP contribution in [0.1, 0.15) is 0 Å². The molecule has 4 nitrogen and oxygen atoms in total. The maximum atomic E-state index is 6.33. The van der Waals surface area contributed by atoms with E-state index < -0.39 is 29.3 Å². The number of para-hydroxylation sites is 2. The van der Waals surface area contributed by atoms with E-state index in [2.05, 4.69) is 146 Å². The van der Waals surface area contributed by atoms with Crippen molar-refractivity contribution in [2.24, 2.45) is 0 Å². The molecular weight excluding hydrogens is 718 g/mol. The molecule has 0 aliphatic carbocycles. The van der Waals surface area contributed by atoms with E-state index in [1.54, 1.807) is 0 Å². The summed E-state index contributed by atoms with van der Waals surface area (Å²) < 4.78 is 33.0. The summed E-state index contributed by atoms with van der Waals surface area (Å²) in [5.74, 6) is 1.93. The molecule has 0 N–H and O–H groups in total. The van der Waals surface area contributed by atoms with Crippen LogP contribution in [0.3, 0.4) is 0 Å². The monoisotopic (exact) mass is 754 g/mol. The van der Waals surface area contributed by atoms with E-state index in [1.165, 1.54) is 48.4 Å². The Morgan fingerprint density at radius 3 is 0.917 bits per heavy atom. The zero-order valence-corrected chi connectivity index (χ0v) is 30.4. The molecule has 0 fully saturated rings. The van der Waals surface area contributed by atoms with Crippen molar-refractivity contribution in [3.05, 3.63) is 146 Å². The van der Waals surface area contributed by atoms with Gasteiger partial charge in [-0.25, -0.2) is 0 Å². The first-order chi connectivity index (χ1) is 23.9. The van der Waals surface area contributed by atoms with Crippen molar-refractivity contribution in [1.82, 2.24) is 0 Å². The van der Waals surface area contributed by atoms with E-state index in [1.807, 2.05) is 0 Å². The van der Waals surface area contributed by atoms with Crippen LogP contribution in [0.4, 0.5) is 0 Å². The molecule has 6 heteroatoms. The number of ether oxygens (including phenoxy) is 4. The second kappa shape index (κ2) is 14.6. The number of rotatable bonds is 13. The van der Waals surface area contributed by atoms with Gasteiger partial charge >= 0.3 is 293 Å². The second-order valence-electron chi connectivity index (χ2n) is 11.6. The molecule has 0 spiro atoms. The van der Waals surface area contributed by atoms with Gasteiger partial charge < -0.3 is 0 Å². The quantitative estimate of drug-likeness (QED) is 0.131. The van der Waals surface area contributed by atoms with Crippen molar-refractivity contribution in [2.45, 2.75) is 0 Å². The van der Waals surface area contributed by atoms with Crippen LogP contribution in [0.2, 0.25) is 0 Å². The molecule has 6 aromatic rings. The number of fused-ring (bicyclic) bond motifs is 6. The zero-order chi connectivity index (χ0) is 32.1. The SMILES string of the molecule is c1ccc([As]2c3ccccc3-c3ccccc32)c(OCCOCCOCCOc2ccccc2[As]2c3ccccc3-c3ccccc32)c1. The molecule has 8 rings (SSSR count). The summed E-state index contributed by atoms with van der Waals surface area (Å²) in [6.45, 7) is 3.06. The summed E-state index contributed by atoms with van der Waals surface area (Å²) in [6.07, 6.45) is 0. The van der Waals surface area contributed by atoms with Crippen LogP contribution in [0, 0.1) is 0 Å². The third-order valence-corrected chi connectivity index (χ3v) is 19.6. The van der Waals surface area contributed by atoms with Gasteiger partial charge in [-0.15, -0.1) is 0 Å². The molecule has 0 saturated heterocycles. The first-order valence-electron chi connectivity index (χ1n) is 16.4. The fourth-order valence-corrected chi connectivity index (χ4v) is 18.0. The van der Waals surface area contributed by atoms with Crippen LogP contribution in [0.15, 0.2) is 146 Å². The normalized spacial score (nSPS) is 13.1. The Hall–Kier alpha value is -4.04. The third-order valence-electron chi connectivity index (χ3n) is 8.71.